The Kier molecular flexibility index (Phi) is 4.88. The van der Waals surface area contributed by atoms with E-state index in [1.807, 2.05) is 31.2 Å². The molecule has 1 atom stereocenters. The molecule has 0 aliphatic carbocycles. The van der Waals surface area contributed by atoms with Crippen LogP contribution in [0.5, 0.6) is 5.75 Å². The average Bonchev–Trinajstić information content (AvgIpc) is 2.38. The Morgan fingerprint density at radius 2 is 2.05 bits per heavy atom. The summed E-state index contributed by atoms with van der Waals surface area (Å²) >= 11 is 0. The first-order valence-electron chi connectivity index (χ1n) is 6.89. The number of anilines is 1. The van der Waals surface area contributed by atoms with Crippen LogP contribution >= 0.6 is 0 Å². The Balaban J connectivity index is 1.70. The molecule has 0 spiro atoms. The van der Waals surface area contributed by atoms with Crippen molar-refractivity contribution in [3.05, 3.63) is 24.3 Å². The fraction of sp³-hybridized carbons (Fsp3) is 0.571. The van der Waals surface area contributed by atoms with Gasteiger partial charge < -0.3 is 10.5 Å². The SMILES string of the molecule is CC1CS(=O)(=O)CCN1CCCOc1ccc(N)cc1. The molecule has 1 aliphatic rings. The van der Waals surface area contributed by atoms with Gasteiger partial charge in [-0.2, -0.15) is 0 Å². The van der Waals surface area contributed by atoms with Crippen molar-refractivity contribution in [2.75, 3.05) is 36.9 Å². The normalized spacial score (nSPS) is 22.6. The van der Waals surface area contributed by atoms with Crippen molar-refractivity contribution >= 4 is 15.5 Å². The van der Waals surface area contributed by atoms with Crippen LogP contribution in [0.15, 0.2) is 24.3 Å². The summed E-state index contributed by atoms with van der Waals surface area (Å²) in [5, 5.41) is 0. The second-order valence-corrected chi connectivity index (χ2v) is 7.50. The van der Waals surface area contributed by atoms with Crippen molar-refractivity contribution in [1.82, 2.24) is 4.90 Å². The van der Waals surface area contributed by atoms with E-state index in [1.165, 1.54) is 0 Å². The molecule has 1 fully saturated rings. The van der Waals surface area contributed by atoms with Gasteiger partial charge in [-0.25, -0.2) is 8.42 Å². The zero-order chi connectivity index (χ0) is 14.6. The van der Waals surface area contributed by atoms with Gasteiger partial charge in [-0.1, -0.05) is 0 Å². The van der Waals surface area contributed by atoms with Crippen LogP contribution < -0.4 is 10.5 Å². The molecule has 0 amide bonds. The maximum atomic E-state index is 11.5. The van der Waals surface area contributed by atoms with Crippen LogP contribution in [0.3, 0.4) is 0 Å². The molecule has 1 unspecified atom stereocenters. The minimum atomic E-state index is -2.83. The smallest absolute Gasteiger partial charge is 0.153 e. The second kappa shape index (κ2) is 6.45. The summed E-state index contributed by atoms with van der Waals surface area (Å²) < 4.78 is 28.6. The lowest BCUT2D eigenvalue weighted by molar-refractivity contribution is 0.202. The summed E-state index contributed by atoms with van der Waals surface area (Å²) in [6.45, 7) is 4.09. The fourth-order valence-corrected chi connectivity index (χ4v) is 4.01. The third-order valence-electron chi connectivity index (χ3n) is 3.55. The summed E-state index contributed by atoms with van der Waals surface area (Å²) in [6.07, 6.45) is 0.884. The second-order valence-electron chi connectivity index (χ2n) is 5.27. The van der Waals surface area contributed by atoms with Gasteiger partial charge in [0.25, 0.3) is 0 Å². The van der Waals surface area contributed by atoms with E-state index in [0.29, 0.717) is 13.2 Å². The molecule has 1 saturated heterocycles. The van der Waals surface area contributed by atoms with Gasteiger partial charge in [-0.15, -0.1) is 0 Å². The average molecular weight is 298 g/mol. The maximum Gasteiger partial charge on any atom is 0.153 e. The van der Waals surface area contributed by atoms with Gasteiger partial charge in [0.05, 0.1) is 18.1 Å². The van der Waals surface area contributed by atoms with Crippen LogP contribution in [-0.2, 0) is 9.84 Å². The molecule has 2 N–H and O–H groups in total. The van der Waals surface area contributed by atoms with E-state index in [4.69, 9.17) is 10.5 Å². The van der Waals surface area contributed by atoms with E-state index >= 15 is 0 Å². The number of nitrogens with two attached hydrogens (primary N) is 1. The molecule has 1 aromatic rings. The molecule has 0 radical (unpaired) electrons. The highest BCUT2D eigenvalue weighted by molar-refractivity contribution is 7.91. The fourth-order valence-electron chi connectivity index (χ4n) is 2.39. The molecule has 20 heavy (non-hydrogen) atoms. The number of benzene rings is 1. The van der Waals surface area contributed by atoms with E-state index in [2.05, 4.69) is 4.90 Å². The predicted octanol–water partition coefficient (Wildman–Crippen LogP) is 1.16. The van der Waals surface area contributed by atoms with E-state index in [0.717, 1.165) is 24.4 Å². The zero-order valence-corrected chi connectivity index (χ0v) is 12.6. The van der Waals surface area contributed by atoms with Crippen molar-refractivity contribution in [3.63, 3.8) is 0 Å². The van der Waals surface area contributed by atoms with Crippen molar-refractivity contribution in [2.24, 2.45) is 0 Å². The molecule has 0 saturated carbocycles. The first-order chi connectivity index (χ1) is 9.46. The van der Waals surface area contributed by atoms with E-state index < -0.39 is 9.84 Å². The molecule has 1 heterocycles. The maximum absolute atomic E-state index is 11.5. The van der Waals surface area contributed by atoms with Crippen molar-refractivity contribution < 1.29 is 13.2 Å². The molecular formula is C14H22N2O3S. The standard InChI is InChI=1S/C14H22N2O3S/c1-12-11-20(17,18)10-8-16(12)7-2-9-19-14-5-3-13(15)4-6-14/h3-6,12H,2,7-11,15H2,1H3. The van der Waals surface area contributed by atoms with Crippen LogP contribution in [-0.4, -0.2) is 50.6 Å². The van der Waals surface area contributed by atoms with Crippen molar-refractivity contribution in [3.8, 4) is 5.75 Å². The van der Waals surface area contributed by atoms with Gasteiger partial charge in [-0.05, 0) is 37.6 Å². The van der Waals surface area contributed by atoms with Crippen LogP contribution in [0.4, 0.5) is 5.69 Å². The van der Waals surface area contributed by atoms with E-state index in [9.17, 15) is 8.42 Å². The highest BCUT2D eigenvalue weighted by Crippen LogP contribution is 2.14. The third-order valence-corrected chi connectivity index (χ3v) is 5.34. The van der Waals surface area contributed by atoms with Gasteiger partial charge in [0.2, 0.25) is 0 Å². The summed E-state index contributed by atoms with van der Waals surface area (Å²) in [4.78, 5) is 2.22. The Hall–Kier alpha value is -1.27. The molecule has 0 bridgehead atoms. The minimum absolute atomic E-state index is 0.102. The number of ether oxygens (including phenoxy) is 1. The summed E-state index contributed by atoms with van der Waals surface area (Å²) in [5.41, 5.74) is 6.33. The molecular weight excluding hydrogens is 276 g/mol. The van der Waals surface area contributed by atoms with Gasteiger partial charge >= 0.3 is 0 Å². The monoisotopic (exact) mass is 298 g/mol. The number of rotatable bonds is 5. The quantitative estimate of drug-likeness (QED) is 0.652. The number of nitrogens with zero attached hydrogens (tertiary/aromatic N) is 1. The van der Waals surface area contributed by atoms with Crippen LogP contribution in [0.25, 0.3) is 0 Å². The van der Waals surface area contributed by atoms with Gasteiger partial charge in [0.15, 0.2) is 9.84 Å². The highest BCUT2D eigenvalue weighted by Gasteiger charge is 2.27. The van der Waals surface area contributed by atoms with Crippen LogP contribution in [0.2, 0.25) is 0 Å². The number of hydrogen-bond acceptors (Lipinski definition) is 5. The van der Waals surface area contributed by atoms with Gasteiger partial charge in [0.1, 0.15) is 5.75 Å². The molecule has 5 nitrogen and oxygen atoms in total. The molecule has 2 rings (SSSR count). The summed E-state index contributed by atoms with van der Waals surface area (Å²) in [5.74, 6) is 1.36. The first kappa shape index (κ1) is 15.1. The lowest BCUT2D eigenvalue weighted by Crippen LogP contribution is -2.47. The largest absolute Gasteiger partial charge is 0.494 e. The van der Waals surface area contributed by atoms with E-state index in [-0.39, 0.29) is 17.5 Å². The Labute approximate surface area is 120 Å². The van der Waals surface area contributed by atoms with Crippen molar-refractivity contribution in [2.45, 2.75) is 19.4 Å². The van der Waals surface area contributed by atoms with Crippen molar-refractivity contribution in [1.29, 1.82) is 0 Å². The van der Waals surface area contributed by atoms with E-state index in [1.54, 1.807) is 0 Å². The molecule has 1 aromatic carbocycles. The number of nitrogen functional groups attached to an aromatic ring is 1. The topological polar surface area (TPSA) is 72.6 Å². The molecule has 6 heteroatoms. The van der Waals surface area contributed by atoms with Crippen LogP contribution in [0.1, 0.15) is 13.3 Å². The predicted molar refractivity (Wildman–Crippen MR) is 80.7 cm³/mol. The number of hydrogen-bond donors (Lipinski definition) is 1. The van der Waals surface area contributed by atoms with Gasteiger partial charge in [0, 0.05) is 24.8 Å². The minimum Gasteiger partial charge on any atom is -0.494 e. The highest BCUT2D eigenvalue weighted by atomic mass is 32.2. The summed E-state index contributed by atoms with van der Waals surface area (Å²) in [7, 11) is -2.83. The Morgan fingerprint density at radius 1 is 1.35 bits per heavy atom. The van der Waals surface area contributed by atoms with Gasteiger partial charge in [-0.3, -0.25) is 4.90 Å². The Bertz CT molecular complexity index is 528. The molecule has 112 valence electrons. The van der Waals surface area contributed by atoms with Crippen LogP contribution in [0, 0.1) is 0 Å². The lowest BCUT2D eigenvalue weighted by Gasteiger charge is -2.32. The molecule has 1 aliphatic heterocycles. The number of sulfone groups is 1. The first-order valence-corrected chi connectivity index (χ1v) is 8.71. The zero-order valence-electron chi connectivity index (χ0n) is 11.8. The lowest BCUT2D eigenvalue weighted by atomic mass is 10.3. The Morgan fingerprint density at radius 3 is 2.70 bits per heavy atom. The molecule has 0 aromatic heterocycles. The summed E-state index contributed by atoms with van der Waals surface area (Å²) in [6, 6.07) is 7.43. The third kappa shape index (κ3) is 4.38.